The van der Waals surface area contributed by atoms with Crippen LogP contribution >= 0.6 is 0 Å². The number of anilines is 1. The molecule has 1 fully saturated rings. The summed E-state index contributed by atoms with van der Waals surface area (Å²) in [6.07, 6.45) is 4.03. The molecule has 1 unspecified atom stereocenters. The van der Waals surface area contributed by atoms with Crippen molar-refractivity contribution in [2.75, 3.05) is 18.5 Å². The van der Waals surface area contributed by atoms with Crippen LogP contribution in [-0.2, 0) is 11.8 Å². The van der Waals surface area contributed by atoms with Gasteiger partial charge in [-0.3, -0.25) is 10.00 Å². The molecule has 0 bridgehead atoms. The minimum absolute atomic E-state index is 0.162. The fourth-order valence-electron chi connectivity index (χ4n) is 1.65. The van der Waals surface area contributed by atoms with E-state index in [1.165, 1.54) is 0 Å². The van der Waals surface area contributed by atoms with E-state index in [2.05, 4.69) is 15.7 Å². The minimum atomic E-state index is -0.241. The first-order valence-electron chi connectivity index (χ1n) is 5.40. The lowest BCUT2D eigenvalue weighted by Crippen LogP contribution is -2.35. The van der Waals surface area contributed by atoms with Crippen molar-refractivity contribution in [1.29, 1.82) is 0 Å². The Hall–Kier alpha value is -1.56. The van der Waals surface area contributed by atoms with Gasteiger partial charge in [-0.25, -0.2) is 4.79 Å². The second kappa shape index (κ2) is 4.98. The first-order chi connectivity index (χ1) is 7.74. The molecule has 1 aromatic heterocycles. The number of aryl methyl sites for hydroxylation is 1. The molecular weight excluding hydrogens is 208 g/mol. The zero-order valence-electron chi connectivity index (χ0n) is 9.27. The van der Waals surface area contributed by atoms with Crippen LogP contribution in [0.3, 0.4) is 0 Å². The van der Waals surface area contributed by atoms with E-state index < -0.39 is 0 Å². The Bertz CT molecular complexity index is 357. The Morgan fingerprint density at radius 1 is 1.75 bits per heavy atom. The van der Waals surface area contributed by atoms with Crippen LogP contribution in [0, 0.1) is 0 Å². The Morgan fingerprint density at radius 3 is 3.25 bits per heavy atom. The first kappa shape index (κ1) is 10.9. The highest BCUT2D eigenvalue weighted by Crippen LogP contribution is 2.10. The van der Waals surface area contributed by atoms with Crippen LogP contribution in [0.5, 0.6) is 0 Å². The highest BCUT2D eigenvalue weighted by atomic mass is 16.5. The number of aromatic nitrogens is 2. The lowest BCUT2D eigenvalue weighted by molar-refractivity contribution is 0.112. The molecule has 0 radical (unpaired) electrons. The molecule has 1 saturated heterocycles. The van der Waals surface area contributed by atoms with Crippen LogP contribution < -0.4 is 10.6 Å². The van der Waals surface area contributed by atoms with E-state index in [-0.39, 0.29) is 12.1 Å². The number of hydrogen-bond donors (Lipinski definition) is 2. The number of carbonyl (C=O) groups is 1. The predicted molar refractivity (Wildman–Crippen MR) is 59.2 cm³/mol. The number of rotatable bonds is 3. The molecule has 0 saturated carbocycles. The van der Waals surface area contributed by atoms with E-state index in [0.29, 0.717) is 12.4 Å². The smallest absolute Gasteiger partial charge is 0.320 e. The summed E-state index contributed by atoms with van der Waals surface area (Å²) in [7, 11) is 1.80. The molecule has 1 atom stereocenters. The highest BCUT2D eigenvalue weighted by Gasteiger charge is 2.16. The van der Waals surface area contributed by atoms with Gasteiger partial charge < -0.3 is 10.1 Å². The Morgan fingerprint density at radius 2 is 2.62 bits per heavy atom. The van der Waals surface area contributed by atoms with Crippen molar-refractivity contribution in [3.8, 4) is 0 Å². The summed E-state index contributed by atoms with van der Waals surface area (Å²) >= 11 is 0. The molecule has 2 N–H and O–H groups in total. The van der Waals surface area contributed by atoms with Crippen molar-refractivity contribution in [2.24, 2.45) is 7.05 Å². The molecule has 6 heteroatoms. The van der Waals surface area contributed by atoms with Gasteiger partial charge in [0.15, 0.2) is 5.82 Å². The number of urea groups is 1. The number of carbonyl (C=O) groups excluding carboxylic acids is 1. The quantitative estimate of drug-likeness (QED) is 0.795. The Labute approximate surface area is 94.0 Å². The molecule has 6 nitrogen and oxygen atoms in total. The summed E-state index contributed by atoms with van der Waals surface area (Å²) in [5.74, 6) is 0.548. The second-order valence-corrected chi connectivity index (χ2v) is 3.84. The first-order valence-corrected chi connectivity index (χ1v) is 5.40. The maximum atomic E-state index is 11.5. The third-order valence-corrected chi connectivity index (χ3v) is 2.47. The van der Waals surface area contributed by atoms with Crippen LogP contribution in [0.25, 0.3) is 0 Å². The molecule has 0 spiro atoms. The number of amides is 2. The van der Waals surface area contributed by atoms with Gasteiger partial charge in [0.25, 0.3) is 0 Å². The van der Waals surface area contributed by atoms with Crippen molar-refractivity contribution in [3.05, 3.63) is 12.3 Å². The molecular formula is C10H16N4O2. The predicted octanol–water partition coefficient (Wildman–Crippen LogP) is 0.721. The molecule has 16 heavy (non-hydrogen) atoms. The third-order valence-electron chi connectivity index (χ3n) is 2.47. The summed E-state index contributed by atoms with van der Waals surface area (Å²) < 4.78 is 7.03. The number of nitrogens with zero attached hydrogens (tertiary/aromatic N) is 2. The third kappa shape index (κ3) is 2.96. The average Bonchev–Trinajstić information content (AvgIpc) is 2.87. The molecule has 2 heterocycles. The summed E-state index contributed by atoms with van der Waals surface area (Å²) in [5, 5.41) is 9.45. The van der Waals surface area contributed by atoms with Gasteiger partial charge in [0.05, 0.1) is 6.10 Å². The monoisotopic (exact) mass is 224 g/mol. The molecule has 88 valence electrons. The minimum Gasteiger partial charge on any atom is -0.376 e. The summed E-state index contributed by atoms with van der Waals surface area (Å²) in [6, 6.07) is 1.50. The van der Waals surface area contributed by atoms with Gasteiger partial charge in [0.2, 0.25) is 0 Å². The maximum absolute atomic E-state index is 11.5. The lowest BCUT2D eigenvalue weighted by atomic mass is 10.2. The topological polar surface area (TPSA) is 68.2 Å². The SMILES string of the molecule is Cn1ccc(NC(=O)NCC2CCCO2)n1. The van der Waals surface area contributed by atoms with Gasteiger partial charge in [-0.15, -0.1) is 0 Å². The van der Waals surface area contributed by atoms with Crippen molar-refractivity contribution in [1.82, 2.24) is 15.1 Å². The summed E-state index contributed by atoms with van der Waals surface area (Å²) in [6.45, 7) is 1.35. The summed E-state index contributed by atoms with van der Waals surface area (Å²) in [4.78, 5) is 11.5. The average molecular weight is 224 g/mol. The van der Waals surface area contributed by atoms with Crippen molar-refractivity contribution in [3.63, 3.8) is 0 Å². The zero-order chi connectivity index (χ0) is 11.4. The normalized spacial score (nSPS) is 19.7. The number of nitrogens with one attached hydrogen (secondary N) is 2. The van der Waals surface area contributed by atoms with E-state index in [0.717, 1.165) is 19.4 Å². The number of hydrogen-bond acceptors (Lipinski definition) is 3. The largest absolute Gasteiger partial charge is 0.376 e. The van der Waals surface area contributed by atoms with E-state index in [1.807, 2.05) is 0 Å². The van der Waals surface area contributed by atoms with Crippen LogP contribution in [0.2, 0.25) is 0 Å². The van der Waals surface area contributed by atoms with Crippen LogP contribution in [-0.4, -0.2) is 35.1 Å². The zero-order valence-corrected chi connectivity index (χ0v) is 9.27. The molecule has 0 aromatic carbocycles. The van der Waals surface area contributed by atoms with Crippen LogP contribution in [0.4, 0.5) is 10.6 Å². The Kier molecular flexibility index (Phi) is 3.40. The standard InChI is InChI=1S/C10H16N4O2/c1-14-5-4-9(13-14)12-10(15)11-7-8-3-2-6-16-8/h4-5,8H,2-3,6-7H2,1H3,(H2,11,12,13,15). The van der Waals surface area contributed by atoms with E-state index in [4.69, 9.17) is 4.74 Å². The number of ether oxygens (including phenoxy) is 1. The molecule has 1 aromatic rings. The van der Waals surface area contributed by atoms with Gasteiger partial charge in [0.1, 0.15) is 0 Å². The van der Waals surface area contributed by atoms with Gasteiger partial charge in [-0.2, -0.15) is 5.10 Å². The second-order valence-electron chi connectivity index (χ2n) is 3.84. The molecule has 1 aliphatic heterocycles. The van der Waals surface area contributed by atoms with Crippen molar-refractivity contribution in [2.45, 2.75) is 18.9 Å². The molecule has 2 rings (SSSR count). The van der Waals surface area contributed by atoms with Gasteiger partial charge >= 0.3 is 6.03 Å². The van der Waals surface area contributed by atoms with Crippen molar-refractivity contribution >= 4 is 11.8 Å². The van der Waals surface area contributed by atoms with E-state index >= 15 is 0 Å². The van der Waals surface area contributed by atoms with E-state index in [1.54, 1.807) is 24.0 Å². The highest BCUT2D eigenvalue weighted by molar-refractivity contribution is 5.88. The van der Waals surface area contributed by atoms with Crippen molar-refractivity contribution < 1.29 is 9.53 Å². The lowest BCUT2D eigenvalue weighted by Gasteiger charge is -2.10. The van der Waals surface area contributed by atoms with E-state index in [9.17, 15) is 4.79 Å². The van der Waals surface area contributed by atoms with Gasteiger partial charge in [-0.1, -0.05) is 0 Å². The van der Waals surface area contributed by atoms with Crippen LogP contribution in [0.15, 0.2) is 12.3 Å². The molecule has 1 aliphatic rings. The van der Waals surface area contributed by atoms with Gasteiger partial charge in [-0.05, 0) is 12.8 Å². The maximum Gasteiger partial charge on any atom is 0.320 e. The Balaban J connectivity index is 1.71. The molecule has 0 aliphatic carbocycles. The van der Waals surface area contributed by atoms with Crippen LogP contribution in [0.1, 0.15) is 12.8 Å². The fourth-order valence-corrected chi connectivity index (χ4v) is 1.65. The fraction of sp³-hybridized carbons (Fsp3) is 0.600. The summed E-state index contributed by atoms with van der Waals surface area (Å²) in [5.41, 5.74) is 0. The van der Waals surface area contributed by atoms with Gasteiger partial charge in [0, 0.05) is 32.5 Å². The molecule has 2 amide bonds.